The largest absolute Gasteiger partial charge is 0.313 e. The summed E-state index contributed by atoms with van der Waals surface area (Å²) in [5.41, 5.74) is 0.807. The molecular weight excluding hydrogens is 177 g/mol. The molecule has 0 saturated heterocycles. The highest BCUT2D eigenvalue weighted by Gasteiger charge is 2.26. The first-order chi connectivity index (χ1) is 6.81. The smallest absolute Gasteiger partial charge is 0.127 e. The average molecular weight is 193 g/mol. The highest BCUT2D eigenvalue weighted by atomic mass is 19.1. The van der Waals surface area contributed by atoms with E-state index in [4.69, 9.17) is 0 Å². The SMILES string of the molecule is CNC(CC1CC1)c1ccccc1F. The number of benzene rings is 1. The van der Waals surface area contributed by atoms with Crippen LogP contribution in [-0.4, -0.2) is 7.05 Å². The van der Waals surface area contributed by atoms with Crippen LogP contribution in [0.15, 0.2) is 24.3 Å². The van der Waals surface area contributed by atoms with Crippen molar-refractivity contribution >= 4 is 0 Å². The molecule has 2 heteroatoms. The Labute approximate surface area is 84.3 Å². The minimum Gasteiger partial charge on any atom is -0.313 e. The Bertz CT molecular complexity index is 307. The van der Waals surface area contributed by atoms with Crippen molar-refractivity contribution in [3.05, 3.63) is 35.6 Å². The molecule has 0 spiro atoms. The zero-order valence-electron chi connectivity index (χ0n) is 8.46. The highest BCUT2D eigenvalue weighted by Crippen LogP contribution is 2.37. The van der Waals surface area contributed by atoms with E-state index in [-0.39, 0.29) is 11.9 Å². The quantitative estimate of drug-likeness (QED) is 0.775. The van der Waals surface area contributed by atoms with E-state index >= 15 is 0 Å². The lowest BCUT2D eigenvalue weighted by Gasteiger charge is -2.16. The molecule has 0 aromatic heterocycles. The molecular formula is C12H16FN. The first-order valence-electron chi connectivity index (χ1n) is 5.23. The fourth-order valence-corrected chi connectivity index (χ4v) is 1.84. The summed E-state index contributed by atoms with van der Waals surface area (Å²) in [4.78, 5) is 0. The van der Waals surface area contributed by atoms with Crippen LogP contribution in [0, 0.1) is 11.7 Å². The Morgan fingerprint density at radius 3 is 2.71 bits per heavy atom. The van der Waals surface area contributed by atoms with Crippen molar-refractivity contribution in [2.24, 2.45) is 5.92 Å². The molecule has 1 nitrogen and oxygen atoms in total. The van der Waals surface area contributed by atoms with Gasteiger partial charge < -0.3 is 5.32 Å². The molecule has 0 radical (unpaired) electrons. The predicted octanol–water partition coefficient (Wildman–Crippen LogP) is 2.89. The van der Waals surface area contributed by atoms with E-state index in [1.807, 2.05) is 19.2 Å². The molecule has 1 saturated carbocycles. The van der Waals surface area contributed by atoms with Gasteiger partial charge >= 0.3 is 0 Å². The van der Waals surface area contributed by atoms with Gasteiger partial charge in [0.25, 0.3) is 0 Å². The number of nitrogens with one attached hydrogen (secondary N) is 1. The summed E-state index contributed by atoms with van der Waals surface area (Å²) >= 11 is 0. The Hall–Kier alpha value is -0.890. The molecule has 1 aromatic rings. The first-order valence-corrected chi connectivity index (χ1v) is 5.23. The second-order valence-corrected chi connectivity index (χ2v) is 4.04. The molecule has 1 aliphatic rings. The van der Waals surface area contributed by atoms with Gasteiger partial charge in [-0.3, -0.25) is 0 Å². The van der Waals surface area contributed by atoms with Gasteiger partial charge in [0.1, 0.15) is 5.82 Å². The van der Waals surface area contributed by atoms with Crippen molar-refractivity contribution < 1.29 is 4.39 Å². The van der Waals surface area contributed by atoms with Crippen LogP contribution >= 0.6 is 0 Å². The monoisotopic (exact) mass is 193 g/mol. The molecule has 0 heterocycles. The van der Waals surface area contributed by atoms with Crippen molar-refractivity contribution in [2.45, 2.75) is 25.3 Å². The Morgan fingerprint density at radius 2 is 2.14 bits per heavy atom. The van der Waals surface area contributed by atoms with Gasteiger partial charge in [0.05, 0.1) is 0 Å². The van der Waals surface area contributed by atoms with Gasteiger partial charge in [0.15, 0.2) is 0 Å². The van der Waals surface area contributed by atoms with Crippen molar-refractivity contribution in [3.8, 4) is 0 Å². The fraction of sp³-hybridized carbons (Fsp3) is 0.500. The van der Waals surface area contributed by atoms with Gasteiger partial charge in [0, 0.05) is 11.6 Å². The molecule has 1 unspecified atom stereocenters. The second-order valence-electron chi connectivity index (χ2n) is 4.04. The van der Waals surface area contributed by atoms with Gasteiger partial charge in [0.2, 0.25) is 0 Å². The lowest BCUT2D eigenvalue weighted by Crippen LogP contribution is -2.18. The van der Waals surface area contributed by atoms with E-state index in [0.29, 0.717) is 0 Å². The molecule has 0 bridgehead atoms. The zero-order valence-corrected chi connectivity index (χ0v) is 8.46. The molecule has 76 valence electrons. The van der Waals surface area contributed by atoms with E-state index in [1.165, 1.54) is 18.9 Å². The topological polar surface area (TPSA) is 12.0 Å². The second kappa shape index (κ2) is 4.09. The molecule has 1 aliphatic carbocycles. The normalized spacial score (nSPS) is 18.1. The van der Waals surface area contributed by atoms with Crippen LogP contribution in [0.5, 0.6) is 0 Å². The summed E-state index contributed by atoms with van der Waals surface area (Å²) in [6.07, 6.45) is 3.69. The third kappa shape index (κ3) is 2.13. The maximum Gasteiger partial charge on any atom is 0.127 e. The summed E-state index contributed by atoms with van der Waals surface area (Å²) in [6.45, 7) is 0. The maximum atomic E-state index is 13.5. The Balaban J connectivity index is 2.12. The maximum absolute atomic E-state index is 13.5. The van der Waals surface area contributed by atoms with Gasteiger partial charge in [-0.1, -0.05) is 31.0 Å². The molecule has 2 rings (SSSR count). The van der Waals surface area contributed by atoms with Crippen LogP contribution in [0.25, 0.3) is 0 Å². The van der Waals surface area contributed by atoms with Crippen LogP contribution in [0.2, 0.25) is 0 Å². The summed E-state index contributed by atoms with van der Waals surface area (Å²) in [5.74, 6) is 0.722. The fourth-order valence-electron chi connectivity index (χ4n) is 1.84. The highest BCUT2D eigenvalue weighted by molar-refractivity contribution is 5.21. The van der Waals surface area contributed by atoms with Crippen LogP contribution in [0.1, 0.15) is 30.9 Å². The van der Waals surface area contributed by atoms with Gasteiger partial charge in [-0.2, -0.15) is 0 Å². The molecule has 14 heavy (non-hydrogen) atoms. The first kappa shape index (κ1) is 9.66. The molecule has 1 atom stereocenters. The Morgan fingerprint density at radius 1 is 1.43 bits per heavy atom. The predicted molar refractivity (Wildman–Crippen MR) is 55.5 cm³/mol. The van der Waals surface area contributed by atoms with E-state index < -0.39 is 0 Å². The van der Waals surface area contributed by atoms with E-state index in [9.17, 15) is 4.39 Å². The van der Waals surface area contributed by atoms with Crippen molar-refractivity contribution in [1.82, 2.24) is 5.32 Å². The van der Waals surface area contributed by atoms with E-state index in [2.05, 4.69) is 5.32 Å². The van der Waals surface area contributed by atoms with Crippen molar-refractivity contribution in [3.63, 3.8) is 0 Å². The molecule has 1 N–H and O–H groups in total. The molecule has 1 fully saturated rings. The van der Waals surface area contributed by atoms with Gasteiger partial charge in [-0.25, -0.2) is 4.39 Å². The van der Waals surface area contributed by atoms with Crippen LogP contribution in [0.3, 0.4) is 0 Å². The summed E-state index contributed by atoms with van der Waals surface area (Å²) in [5, 5.41) is 3.19. The summed E-state index contributed by atoms with van der Waals surface area (Å²) in [6, 6.07) is 7.23. The standard InChI is InChI=1S/C12H16FN/c1-14-12(8-9-6-7-9)10-4-2-3-5-11(10)13/h2-5,9,12,14H,6-8H2,1H3. The zero-order chi connectivity index (χ0) is 9.97. The van der Waals surface area contributed by atoms with Crippen molar-refractivity contribution in [2.75, 3.05) is 7.05 Å². The minimum absolute atomic E-state index is 0.0903. The number of halogens is 1. The van der Waals surface area contributed by atoms with Gasteiger partial charge in [-0.05, 0) is 25.5 Å². The number of hydrogen-bond donors (Lipinski definition) is 1. The van der Waals surface area contributed by atoms with Crippen molar-refractivity contribution in [1.29, 1.82) is 0 Å². The Kier molecular flexibility index (Phi) is 2.82. The van der Waals surface area contributed by atoms with Gasteiger partial charge in [-0.15, -0.1) is 0 Å². The third-order valence-electron chi connectivity index (χ3n) is 2.90. The van der Waals surface area contributed by atoms with E-state index in [1.54, 1.807) is 6.07 Å². The van der Waals surface area contributed by atoms with Crippen LogP contribution < -0.4 is 5.32 Å². The summed E-state index contributed by atoms with van der Waals surface area (Å²) < 4.78 is 13.5. The summed E-state index contributed by atoms with van der Waals surface area (Å²) in [7, 11) is 1.90. The number of hydrogen-bond acceptors (Lipinski definition) is 1. The average Bonchev–Trinajstić information content (AvgIpc) is 2.99. The number of rotatable bonds is 4. The lowest BCUT2D eigenvalue weighted by molar-refractivity contribution is 0.485. The molecule has 0 aliphatic heterocycles. The molecule has 0 amide bonds. The third-order valence-corrected chi connectivity index (χ3v) is 2.90. The minimum atomic E-state index is -0.0903. The van der Waals surface area contributed by atoms with E-state index in [0.717, 1.165) is 17.9 Å². The molecule has 1 aromatic carbocycles. The van der Waals surface area contributed by atoms with Crippen LogP contribution in [-0.2, 0) is 0 Å². The van der Waals surface area contributed by atoms with Crippen LogP contribution in [0.4, 0.5) is 4.39 Å². The lowest BCUT2D eigenvalue weighted by atomic mass is 10.0.